The third-order valence-electron chi connectivity index (χ3n) is 1.64. The highest BCUT2D eigenvalue weighted by Crippen LogP contribution is 2.11. The van der Waals surface area contributed by atoms with Crippen LogP contribution in [0.4, 0.5) is 0 Å². The average Bonchev–Trinajstić information content (AvgIpc) is 2.18. The molecular weight excluding hydrogens is 262 g/mol. The minimum atomic E-state index is -0.512. The SMILES string of the molecule is CCOC(=O)CC(=O)c1cncc(Br)c1. The number of ether oxygens (including phenoxy) is 1. The fourth-order valence-corrected chi connectivity index (χ4v) is 1.37. The summed E-state index contributed by atoms with van der Waals surface area (Å²) in [4.78, 5) is 26.4. The summed E-state index contributed by atoms with van der Waals surface area (Å²) in [6.45, 7) is 1.98. The van der Waals surface area contributed by atoms with Crippen molar-refractivity contribution < 1.29 is 14.3 Å². The van der Waals surface area contributed by atoms with Crippen LogP contribution in [0.2, 0.25) is 0 Å². The Morgan fingerprint density at radius 3 is 2.80 bits per heavy atom. The van der Waals surface area contributed by atoms with E-state index in [1.165, 1.54) is 6.20 Å². The monoisotopic (exact) mass is 271 g/mol. The largest absolute Gasteiger partial charge is 0.466 e. The lowest BCUT2D eigenvalue weighted by molar-refractivity contribution is -0.141. The first kappa shape index (κ1) is 11.8. The first-order valence-corrected chi connectivity index (χ1v) is 5.22. The Balaban J connectivity index is 2.65. The van der Waals surface area contributed by atoms with Crippen molar-refractivity contribution in [3.05, 3.63) is 28.5 Å². The van der Waals surface area contributed by atoms with Crippen molar-refractivity contribution >= 4 is 27.7 Å². The van der Waals surface area contributed by atoms with Crippen molar-refractivity contribution in [1.29, 1.82) is 0 Å². The summed E-state index contributed by atoms with van der Waals surface area (Å²) in [5.74, 6) is -0.801. The van der Waals surface area contributed by atoms with Crippen molar-refractivity contribution in [3.8, 4) is 0 Å². The van der Waals surface area contributed by atoms with Gasteiger partial charge in [0.2, 0.25) is 0 Å². The van der Waals surface area contributed by atoms with Crippen molar-refractivity contribution in [1.82, 2.24) is 4.98 Å². The molecular formula is C10H10BrNO3. The number of Topliss-reactive ketones (excluding diaryl/α,β-unsaturated/α-hetero) is 1. The maximum absolute atomic E-state index is 11.5. The van der Waals surface area contributed by atoms with Gasteiger partial charge in [-0.1, -0.05) is 0 Å². The van der Waals surface area contributed by atoms with E-state index in [1.807, 2.05) is 0 Å². The molecule has 0 bridgehead atoms. The highest BCUT2D eigenvalue weighted by molar-refractivity contribution is 9.10. The lowest BCUT2D eigenvalue weighted by Crippen LogP contribution is -2.11. The molecule has 0 aliphatic rings. The van der Waals surface area contributed by atoms with Crippen LogP contribution < -0.4 is 0 Å². The number of rotatable bonds is 4. The van der Waals surface area contributed by atoms with E-state index < -0.39 is 5.97 Å². The Morgan fingerprint density at radius 2 is 2.20 bits per heavy atom. The molecule has 1 aromatic heterocycles. The van der Waals surface area contributed by atoms with Crippen LogP contribution in [0.15, 0.2) is 22.9 Å². The van der Waals surface area contributed by atoms with Crippen LogP contribution in [0.5, 0.6) is 0 Å². The molecule has 0 aliphatic carbocycles. The van der Waals surface area contributed by atoms with Gasteiger partial charge in [0, 0.05) is 22.4 Å². The van der Waals surface area contributed by atoms with Crippen LogP contribution in [0, 0.1) is 0 Å². The third-order valence-corrected chi connectivity index (χ3v) is 2.07. The van der Waals surface area contributed by atoms with Crippen LogP contribution in [0.25, 0.3) is 0 Å². The normalized spacial score (nSPS) is 9.73. The van der Waals surface area contributed by atoms with Gasteiger partial charge in [0.05, 0.1) is 6.61 Å². The van der Waals surface area contributed by atoms with Gasteiger partial charge in [0.15, 0.2) is 5.78 Å². The standard InChI is InChI=1S/C10H10BrNO3/c1-2-15-10(14)4-9(13)7-3-8(11)6-12-5-7/h3,5-6H,2,4H2,1H3. The van der Waals surface area contributed by atoms with Gasteiger partial charge in [-0.05, 0) is 28.9 Å². The van der Waals surface area contributed by atoms with E-state index in [2.05, 4.69) is 25.7 Å². The number of hydrogen-bond donors (Lipinski definition) is 0. The molecule has 0 fully saturated rings. The van der Waals surface area contributed by atoms with Crippen LogP contribution in [0.3, 0.4) is 0 Å². The molecule has 1 aromatic rings. The average molecular weight is 272 g/mol. The second-order valence-electron chi connectivity index (χ2n) is 2.80. The number of carbonyl (C=O) groups excluding carboxylic acids is 2. The van der Waals surface area contributed by atoms with Gasteiger partial charge in [-0.15, -0.1) is 0 Å². The first-order valence-electron chi connectivity index (χ1n) is 4.43. The second kappa shape index (κ2) is 5.60. The van der Waals surface area contributed by atoms with Crippen molar-refractivity contribution in [2.75, 3.05) is 6.61 Å². The molecule has 0 unspecified atom stereocenters. The summed E-state index contributed by atoms with van der Waals surface area (Å²) >= 11 is 3.20. The molecule has 1 rings (SSSR count). The number of aromatic nitrogens is 1. The Labute approximate surface area is 95.8 Å². The predicted molar refractivity (Wildman–Crippen MR) is 57.5 cm³/mol. The molecule has 0 spiro atoms. The number of esters is 1. The fourth-order valence-electron chi connectivity index (χ4n) is 1.01. The number of halogens is 1. The smallest absolute Gasteiger partial charge is 0.313 e. The molecule has 1 heterocycles. The second-order valence-corrected chi connectivity index (χ2v) is 3.71. The Morgan fingerprint density at radius 1 is 1.47 bits per heavy atom. The van der Waals surface area contributed by atoms with Crippen LogP contribution in [0.1, 0.15) is 23.7 Å². The van der Waals surface area contributed by atoms with E-state index in [4.69, 9.17) is 0 Å². The van der Waals surface area contributed by atoms with Gasteiger partial charge in [0.25, 0.3) is 0 Å². The number of ketones is 1. The van der Waals surface area contributed by atoms with Crippen molar-refractivity contribution in [2.45, 2.75) is 13.3 Å². The van der Waals surface area contributed by atoms with Gasteiger partial charge in [-0.2, -0.15) is 0 Å². The minimum Gasteiger partial charge on any atom is -0.466 e. The van der Waals surface area contributed by atoms with E-state index in [9.17, 15) is 9.59 Å². The first-order chi connectivity index (χ1) is 7.13. The molecule has 5 heteroatoms. The Kier molecular flexibility index (Phi) is 4.42. The lowest BCUT2D eigenvalue weighted by Gasteiger charge is -2.01. The quantitative estimate of drug-likeness (QED) is 0.477. The molecule has 0 N–H and O–H groups in total. The van der Waals surface area contributed by atoms with E-state index in [-0.39, 0.29) is 18.8 Å². The van der Waals surface area contributed by atoms with E-state index in [1.54, 1.807) is 19.2 Å². The molecule has 15 heavy (non-hydrogen) atoms. The Hall–Kier alpha value is -1.23. The maximum Gasteiger partial charge on any atom is 0.313 e. The third kappa shape index (κ3) is 3.79. The summed E-state index contributed by atoms with van der Waals surface area (Å²) in [5, 5.41) is 0. The summed E-state index contributed by atoms with van der Waals surface area (Å²) < 4.78 is 5.38. The van der Waals surface area contributed by atoms with Crippen LogP contribution in [-0.2, 0) is 9.53 Å². The number of pyridine rings is 1. The summed E-state index contributed by atoms with van der Waals surface area (Å²) in [5.41, 5.74) is 0.400. The lowest BCUT2D eigenvalue weighted by atomic mass is 10.1. The molecule has 0 aromatic carbocycles. The van der Waals surface area contributed by atoms with Gasteiger partial charge < -0.3 is 4.74 Å². The van der Waals surface area contributed by atoms with Gasteiger partial charge >= 0.3 is 5.97 Å². The highest BCUT2D eigenvalue weighted by atomic mass is 79.9. The highest BCUT2D eigenvalue weighted by Gasteiger charge is 2.12. The van der Waals surface area contributed by atoms with E-state index in [0.29, 0.717) is 10.0 Å². The number of hydrogen-bond acceptors (Lipinski definition) is 4. The molecule has 0 aliphatic heterocycles. The number of carbonyl (C=O) groups is 2. The van der Waals surface area contributed by atoms with Crippen molar-refractivity contribution in [3.63, 3.8) is 0 Å². The topological polar surface area (TPSA) is 56.3 Å². The molecule has 0 saturated carbocycles. The minimum absolute atomic E-state index is 0.244. The molecule has 0 amide bonds. The van der Waals surface area contributed by atoms with E-state index >= 15 is 0 Å². The molecule has 0 radical (unpaired) electrons. The molecule has 80 valence electrons. The summed E-state index contributed by atoms with van der Waals surface area (Å²) in [6, 6.07) is 1.62. The Bertz CT molecular complexity index is 379. The van der Waals surface area contributed by atoms with Gasteiger partial charge in [0.1, 0.15) is 6.42 Å². The maximum atomic E-state index is 11.5. The predicted octanol–water partition coefficient (Wildman–Crippen LogP) is 1.98. The van der Waals surface area contributed by atoms with Crippen molar-refractivity contribution in [2.24, 2.45) is 0 Å². The number of nitrogens with zero attached hydrogens (tertiary/aromatic N) is 1. The molecule has 0 saturated heterocycles. The zero-order valence-corrected chi connectivity index (χ0v) is 9.78. The van der Waals surface area contributed by atoms with Crippen LogP contribution >= 0.6 is 15.9 Å². The summed E-state index contributed by atoms with van der Waals surface area (Å²) in [7, 11) is 0. The van der Waals surface area contributed by atoms with E-state index in [0.717, 1.165) is 0 Å². The van der Waals surface area contributed by atoms with Gasteiger partial charge in [-0.3, -0.25) is 14.6 Å². The molecule has 4 nitrogen and oxygen atoms in total. The summed E-state index contributed by atoms with van der Waals surface area (Å²) in [6.07, 6.45) is 2.75. The zero-order chi connectivity index (χ0) is 11.3. The van der Waals surface area contributed by atoms with Crippen LogP contribution in [-0.4, -0.2) is 23.3 Å². The molecule has 0 atom stereocenters. The fraction of sp³-hybridized carbons (Fsp3) is 0.300. The zero-order valence-electron chi connectivity index (χ0n) is 8.20. The van der Waals surface area contributed by atoms with Gasteiger partial charge in [-0.25, -0.2) is 0 Å².